The molecule has 19 heavy (non-hydrogen) atoms. The molecule has 104 valence electrons. The highest BCUT2D eigenvalue weighted by molar-refractivity contribution is 7.80. The molecule has 1 aromatic carbocycles. The van der Waals surface area contributed by atoms with Crippen molar-refractivity contribution in [1.82, 2.24) is 10.2 Å². The molecule has 0 heterocycles. The molecule has 1 N–H and O–H groups in total. The summed E-state index contributed by atoms with van der Waals surface area (Å²) < 4.78 is 0. The van der Waals surface area contributed by atoms with Crippen LogP contribution in [0.4, 0.5) is 0 Å². The van der Waals surface area contributed by atoms with Gasteiger partial charge in [-0.1, -0.05) is 37.3 Å². The van der Waals surface area contributed by atoms with Crippen LogP contribution in [0.3, 0.4) is 0 Å². The molecule has 0 bridgehead atoms. The minimum Gasteiger partial charge on any atom is -0.350 e. The van der Waals surface area contributed by atoms with Gasteiger partial charge in [-0.2, -0.15) is 0 Å². The third-order valence-electron chi connectivity index (χ3n) is 2.82. The van der Waals surface area contributed by atoms with Crippen molar-refractivity contribution in [2.24, 2.45) is 4.99 Å². The first-order chi connectivity index (χ1) is 9.22. The Bertz CT molecular complexity index is 411. The summed E-state index contributed by atoms with van der Waals surface area (Å²) in [7, 11) is 0. The smallest absolute Gasteiger partial charge is 0.174 e. The molecule has 0 atom stereocenters. The van der Waals surface area contributed by atoms with Crippen LogP contribution in [0.25, 0.3) is 0 Å². The molecule has 0 radical (unpaired) electrons. The standard InChI is InChI=1S/C15H23N3S/c1-4-12-16-14(13-10-8-7-9-11-13)17-15(19)18(5-2)6-3/h7-11H,4-6,12H2,1-3H3,(H,16,17,19). The molecule has 0 aliphatic carbocycles. The van der Waals surface area contributed by atoms with Crippen LogP contribution in [0, 0.1) is 0 Å². The molecule has 3 nitrogen and oxygen atoms in total. The van der Waals surface area contributed by atoms with Gasteiger partial charge in [0, 0.05) is 25.2 Å². The van der Waals surface area contributed by atoms with Crippen LogP contribution in [0.5, 0.6) is 0 Å². The van der Waals surface area contributed by atoms with Crippen LogP contribution in [0.1, 0.15) is 32.8 Å². The minimum absolute atomic E-state index is 0.740. The van der Waals surface area contributed by atoms with Crippen molar-refractivity contribution in [3.05, 3.63) is 35.9 Å². The number of amidine groups is 1. The lowest BCUT2D eigenvalue weighted by molar-refractivity contribution is 0.464. The fraction of sp³-hybridized carbons (Fsp3) is 0.467. The summed E-state index contributed by atoms with van der Waals surface area (Å²) in [6.07, 6.45) is 1.02. The number of benzene rings is 1. The number of hydrogen-bond donors (Lipinski definition) is 1. The Morgan fingerprint density at radius 1 is 1.16 bits per heavy atom. The van der Waals surface area contributed by atoms with Crippen molar-refractivity contribution >= 4 is 23.2 Å². The molecule has 0 aliphatic rings. The average molecular weight is 277 g/mol. The van der Waals surface area contributed by atoms with Gasteiger partial charge < -0.3 is 10.2 Å². The zero-order chi connectivity index (χ0) is 14.1. The predicted molar refractivity (Wildman–Crippen MR) is 86.8 cm³/mol. The van der Waals surface area contributed by atoms with Gasteiger partial charge in [-0.25, -0.2) is 0 Å². The number of rotatable bonds is 5. The van der Waals surface area contributed by atoms with E-state index in [-0.39, 0.29) is 0 Å². The maximum Gasteiger partial charge on any atom is 0.174 e. The van der Waals surface area contributed by atoms with Gasteiger partial charge in [0.2, 0.25) is 0 Å². The van der Waals surface area contributed by atoms with E-state index in [9.17, 15) is 0 Å². The Hall–Kier alpha value is -1.42. The quantitative estimate of drug-likeness (QED) is 0.509. The number of aliphatic imine (C=N–C) groups is 1. The summed E-state index contributed by atoms with van der Waals surface area (Å²) in [5.74, 6) is 0.861. The Kier molecular flexibility index (Phi) is 7.11. The molecule has 0 saturated carbocycles. The predicted octanol–water partition coefficient (Wildman–Crippen LogP) is 3.06. The molecule has 1 rings (SSSR count). The summed E-state index contributed by atoms with van der Waals surface area (Å²) in [6, 6.07) is 10.1. The first kappa shape index (κ1) is 15.6. The molecule has 4 heteroatoms. The van der Waals surface area contributed by atoms with Crippen molar-refractivity contribution in [2.75, 3.05) is 19.6 Å². The molecule has 0 saturated heterocycles. The van der Waals surface area contributed by atoms with E-state index in [0.717, 1.165) is 42.6 Å². The average Bonchev–Trinajstić information content (AvgIpc) is 2.45. The summed E-state index contributed by atoms with van der Waals surface area (Å²) in [5.41, 5.74) is 1.07. The van der Waals surface area contributed by atoms with E-state index in [0.29, 0.717) is 0 Å². The number of thiocarbonyl (C=S) groups is 1. The Labute approximate surface area is 121 Å². The maximum absolute atomic E-state index is 5.43. The fourth-order valence-corrected chi connectivity index (χ4v) is 2.07. The second kappa shape index (κ2) is 8.64. The van der Waals surface area contributed by atoms with Gasteiger partial charge in [-0.05, 0) is 32.5 Å². The van der Waals surface area contributed by atoms with Gasteiger partial charge in [-0.15, -0.1) is 0 Å². The van der Waals surface area contributed by atoms with E-state index in [1.807, 2.05) is 30.3 Å². The third kappa shape index (κ3) is 4.99. The van der Waals surface area contributed by atoms with Gasteiger partial charge >= 0.3 is 0 Å². The monoisotopic (exact) mass is 277 g/mol. The van der Waals surface area contributed by atoms with E-state index < -0.39 is 0 Å². The van der Waals surface area contributed by atoms with Gasteiger partial charge in [0.1, 0.15) is 5.84 Å². The molecular weight excluding hydrogens is 254 g/mol. The van der Waals surface area contributed by atoms with Crippen molar-refractivity contribution in [1.29, 1.82) is 0 Å². The normalized spacial score (nSPS) is 11.2. The van der Waals surface area contributed by atoms with E-state index in [1.165, 1.54) is 0 Å². The molecular formula is C15H23N3S. The molecule has 0 aromatic heterocycles. The van der Waals surface area contributed by atoms with Crippen molar-refractivity contribution in [2.45, 2.75) is 27.2 Å². The minimum atomic E-state index is 0.740. The van der Waals surface area contributed by atoms with E-state index >= 15 is 0 Å². The first-order valence-electron chi connectivity index (χ1n) is 6.88. The molecule has 0 fully saturated rings. The SMILES string of the molecule is CCCN=C(NC(=S)N(CC)CC)c1ccccc1. The second-order valence-electron chi connectivity index (χ2n) is 4.20. The Morgan fingerprint density at radius 2 is 1.79 bits per heavy atom. The summed E-state index contributed by atoms with van der Waals surface area (Å²) in [5, 5.41) is 4.02. The molecule has 0 amide bonds. The van der Waals surface area contributed by atoms with Crippen LogP contribution in [0.2, 0.25) is 0 Å². The summed E-state index contributed by atoms with van der Waals surface area (Å²) in [6.45, 7) is 8.93. The lowest BCUT2D eigenvalue weighted by Gasteiger charge is -2.23. The highest BCUT2D eigenvalue weighted by atomic mass is 32.1. The lowest BCUT2D eigenvalue weighted by Crippen LogP contribution is -2.42. The number of nitrogens with one attached hydrogen (secondary N) is 1. The van der Waals surface area contributed by atoms with Crippen LogP contribution < -0.4 is 5.32 Å². The van der Waals surface area contributed by atoms with Crippen molar-refractivity contribution in [3.63, 3.8) is 0 Å². The Morgan fingerprint density at radius 3 is 2.32 bits per heavy atom. The lowest BCUT2D eigenvalue weighted by atomic mass is 10.2. The first-order valence-corrected chi connectivity index (χ1v) is 7.29. The molecule has 0 aliphatic heterocycles. The van der Waals surface area contributed by atoms with Crippen molar-refractivity contribution < 1.29 is 0 Å². The van der Waals surface area contributed by atoms with Crippen LogP contribution in [-0.4, -0.2) is 35.5 Å². The highest BCUT2D eigenvalue weighted by Crippen LogP contribution is 2.01. The summed E-state index contributed by atoms with van der Waals surface area (Å²) in [4.78, 5) is 6.71. The van der Waals surface area contributed by atoms with Crippen molar-refractivity contribution in [3.8, 4) is 0 Å². The van der Waals surface area contributed by atoms with Gasteiger partial charge in [0.05, 0.1) is 0 Å². The van der Waals surface area contributed by atoms with Gasteiger partial charge in [-0.3, -0.25) is 4.99 Å². The number of nitrogens with zero attached hydrogens (tertiary/aromatic N) is 2. The van der Waals surface area contributed by atoms with Crippen LogP contribution in [-0.2, 0) is 0 Å². The highest BCUT2D eigenvalue weighted by Gasteiger charge is 2.09. The van der Waals surface area contributed by atoms with Gasteiger partial charge in [0.15, 0.2) is 5.11 Å². The van der Waals surface area contributed by atoms with E-state index in [2.05, 4.69) is 36.0 Å². The van der Waals surface area contributed by atoms with Crippen LogP contribution >= 0.6 is 12.2 Å². The zero-order valence-corrected chi connectivity index (χ0v) is 12.8. The van der Waals surface area contributed by atoms with Gasteiger partial charge in [0.25, 0.3) is 0 Å². The fourth-order valence-electron chi connectivity index (χ4n) is 1.71. The zero-order valence-electron chi connectivity index (χ0n) is 12.0. The number of hydrogen-bond acceptors (Lipinski definition) is 2. The Balaban J connectivity index is 2.85. The third-order valence-corrected chi connectivity index (χ3v) is 3.18. The summed E-state index contributed by atoms with van der Waals surface area (Å²) >= 11 is 5.43. The molecule has 0 unspecified atom stereocenters. The topological polar surface area (TPSA) is 27.6 Å². The van der Waals surface area contributed by atoms with Crippen LogP contribution in [0.15, 0.2) is 35.3 Å². The molecule has 1 aromatic rings. The largest absolute Gasteiger partial charge is 0.350 e. The van der Waals surface area contributed by atoms with E-state index in [1.54, 1.807) is 0 Å². The molecule has 0 spiro atoms. The second-order valence-corrected chi connectivity index (χ2v) is 4.59. The maximum atomic E-state index is 5.43. The van der Waals surface area contributed by atoms with E-state index in [4.69, 9.17) is 12.2 Å².